The van der Waals surface area contributed by atoms with Crippen molar-refractivity contribution < 1.29 is 19.1 Å². The third-order valence-electron chi connectivity index (χ3n) is 5.85. The lowest BCUT2D eigenvalue weighted by atomic mass is 9.76. The van der Waals surface area contributed by atoms with Gasteiger partial charge in [-0.3, -0.25) is 9.59 Å². The lowest BCUT2D eigenvalue weighted by Gasteiger charge is -2.28. The number of halogens is 1. The van der Waals surface area contributed by atoms with E-state index in [0.717, 1.165) is 25.7 Å². The Morgan fingerprint density at radius 2 is 2.04 bits per heavy atom. The van der Waals surface area contributed by atoms with E-state index in [-0.39, 0.29) is 23.1 Å². The SMILES string of the molecule is COCCNC(=O)C1CN(C(=O)c2cc(Cl)ccc2OC)CC12CCCC2. The molecule has 1 spiro atoms. The zero-order chi connectivity index (χ0) is 19.4. The average Bonchev–Trinajstić information content (AvgIpc) is 3.29. The fourth-order valence-corrected chi connectivity index (χ4v) is 4.66. The molecule has 1 aromatic rings. The minimum atomic E-state index is -0.189. The molecule has 1 atom stereocenters. The van der Waals surface area contributed by atoms with Crippen molar-refractivity contribution in [1.82, 2.24) is 10.2 Å². The monoisotopic (exact) mass is 394 g/mol. The third-order valence-corrected chi connectivity index (χ3v) is 6.08. The van der Waals surface area contributed by atoms with Crippen LogP contribution in [0.1, 0.15) is 36.0 Å². The minimum absolute atomic E-state index is 0.0160. The molecule has 2 aliphatic rings. The van der Waals surface area contributed by atoms with Crippen LogP contribution in [0.3, 0.4) is 0 Å². The Kier molecular flexibility index (Phi) is 6.27. The van der Waals surface area contributed by atoms with Crippen LogP contribution in [0.4, 0.5) is 0 Å². The Morgan fingerprint density at radius 3 is 2.70 bits per heavy atom. The number of hydrogen-bond acceptors (Lipinski definition) is 4. The quantitative estimate of drug-likeness (QED) is 0.753. The number of ether oxygens (including phenoxy) is 2. The Morgan fingerprint density at radius 1 is 1.30 bits per heavy atom. The topological polar surface area (TPSA) is 67.9 Å². The van der Waals surface area contributed by atoms with E-state index in [4.69, 9.17) is 21.1 Å². The van der Waals surface area contributed by atoms with Crippen molar-refractivity contribution in [3.05, 3.63) is 28.8 Å². The molecule has 7 heteroatoms. The fraction of sp³-hybridized carbons (Fsp3) is 0.600. The number of carbonyl (C=O) groups excluding carboxylic acids is 2. The smallest absolute Gasteiger partial charge is 0.257 e. The van der Waals surface area contributed by atoms with Crippen LogP contribution in [0.5, 0.6) is 5.75 Å². The number of nitrogens with zero attached hydrogens (tertiary/aromatic N) is 1. The first kappa shape index (κ1) is 20.0. The zero-order valence-electron chi connectivity index (χ0n) is 15.9. The van der Waals surface area contributed by atoms with Gasteiger partial charge >= 0.3 is 0 Å². The molecule has 0 aromatic heterocycles. The maximum absolute atomic E-state index is 13.2. The molecule has 2 fully saturated rings. The van der Waals surface area contributed by atoms with Crippen LogP contribution < -0.4 is 10.1 Å². The molecule has 3 rings (SSSR count). The molecule has 0 bridgehead atoms. The van der Waals surface area contributed by atoms with Crippen molar-refractivity contribution in [2.75, 3.05) is 40.5 Å². The van der Waals surface area contributed by atoms with E-state index >= 15 is 0 Å². The number of carbonyl (C=O) groups is 2. The summed E-state index contributed by atoms with van der Waals surface area (Å²) in [5, 5.41) is 3.45. The van der Waals surface area contributed by atoms with Gasteiger partial charge in [0.1, 0.15) is 5.75 Å². The van der Waals surface area contributed by atoms with E-state index in [0.29, 0.717) is 42.6 Å². The number of likely N-dealkylation sites (tertiary alicyclic amines) is 1. The van der Waals surface area contributed by atoms with Gasteiger partial charge in [0.2, 0.25) is 5.91 Å². The van der Waals surface area contributed by atoms with Gasteiger partial charge < -0.3 is 19.7 Å². The summed E-state index contributed by atoms with van der Waals surface area (Å²) in [5.74, 6) is 0.193. The molecule has 1 saturated heterocycles. The molecule has 1 unspecified atom stereocenters. The second-order valence-electron chi connectivity index (χ2n) is 7.44. The molecule has 1 aromatic carbocycles. The molecule has 1 aliphatic heterocycles. The van der Waals surface area contributed by atoms with Gasteiger partial charge in [-0.15, -0.1) is 0 Å². The summed E-state index contributed by atoms with van der Waals surface area (Å²) >= 11 is 6.09. The largest absolute Gasteiger partial charge is 0.496 e. The molecule has 1 N–H and O–H groups in total. The van der Waals surface area contributed by atoms with Gasteiger partial charge in [0.15, 0.2) is 0 Å². The molecule has 2 amide bonds. The molecule has 0 radical (unpaired) electrons. The first-order chi connectivity index (χ1) is 13.0. The van der Waals surface area contributed by atoms with E-state index in [1.807, 2.05) is 0 Å². The molecule has 1 aliphatic carbocycles. The Hall–Kier alpha value is -1.79. The highest BCUT2D eigenvalue weighted by Gasteiger charge is 2.52. The van der Waals surface area contributed by atoms with Crippen molar-refractivity contribution >= 4 is 23.4 Å². The summed E-state index contributed by atoms with van der Waals surface area (Å²) in [7, 11) is 3.15. The van der Waals surface area contributed by atoms with Crippen LogP contribution in [0.25, 0.3) is 0 Å². The zero-order valence-corrected chi connectivity index (χ0v) is 16.7. The van der Waals surface area contributed by atoms with Crippen molar-refractivity contribution in [3.8, 4) is 5.75 Å². The maximum atomic E-state index is 13.2. The average molecular weight is 395 g/mol. The van der Waals surface area contributed by atoms with Gasteiger partial charge in [-0.05, 0) is 31.0 Å². The van der Waals surface area contributed by atoms with Crippen LogP contribution >= 0.6 is 11.6 Å². The van der Waals surface area contributed by atoms with Gasteiger partial charge in [0, 0.05) is 37.2 Å². The van der Waals surface area contributed by atoms with Crippen LogP contribution in [0.2, 0.25) is 5.02 Å². The van der Waals surface area contributed by atoms with E-state index in [9.17, 15) is 9.59 Å². The summed E-state index contributed by atoms with van der Waals surface area (Å²) in [5.41, 5.74) is 0.317. The number of methoxy groups -OCH3 is 2. The first-order valence-corrected chi connectivity index (χ1v) is 9.78. The second kappa shape index (κ2) is 8.48. The minimum Gasteiger partial charge on any atom is -0.496 e. The number of benzene rings is 1. The maximum Gasteiger partial charge on any atom is 0.257 e. The highest BCUT2D eigenvalue weighted by atomic mass is 35.5. The van der Waals surface area contributed by atoms with Gasteiger partial charge in [-0.25, -0.2) is 0 Å². The lowest BCUT2D eigenvalue weighted by Crippen LogP contribution is -2.41. The molecule has 6 nitrogen and oxygen atoms in total. The Bertz CT molecular complexity index is 703. The fourth-order valence-electron chi connectivity index (χ4n) is 4.49. The van der Waals surface area contributed by atoms with E-state index in [2.05, 4.69) is 5.32 Å². The third kappa shape index (κ3) is 4.06. The summed E-state index contributed by atoms with van der Waals surface area (Å²) in [4.78, 5) is 27.8. The van der Waals surface area contributed by atoms with E-state index < -0.39 is 0 Å². The lowest BCUT2D eigenvalue weighted by molar-refractivity contribution is -0.127. The molecule has 27 heavy (non-hydrogen) atoms. The summed E-state index contributed by atoms with van der Waals surface area (Å²) in [6.07, 6.45) is 4.16. The van der Waals surface area contributed by atoms with E-state index in [1.165, 1.54) is 7.11 Å². The molecular formula is C20H27ClN2O4. The van der Waals surface area contributed by atoms with Crippen molar-refractivity contribution in [2.45, 2.75) is 25.7 Å². The second-order valence-corrected chi connectivity index (χ2v) is 7.87. The molecule has 148 valence electrons. The van der Waals surface area contributed by atoms with Gasteiger partial charge in [0.25, 0.3) is 5.91 Å². The van der Waals surface area contributed by atoms with Crippen LogP contribution in [-0.4, -0.2) is 57.2 Å². The Balaban J connectivity index is 1.81. The Labute approximate surface area is 165 Å². The van der Waals surface area contributed by atoms with Crippen LogP contribution in [-0.2, 0) is 9.53 Å². The van der Waals surface area contributed by atoms with Crippen molar-refractivity contribution in [3.63, 3.8) is 0 Å². The summed E-state index contributed by atoms with van der Waals surface area (Å²) in [6.45, 7) is 1.99. The highest BCUT2D eigenvalue weighted by molar-refractivity contribution is 6.31. The number of nitrogens with one attached hydrogen (secondary N) is 1. The number of rotatable bonds is 6. The normalized spacial score (nSPS) is 20.9. The number of hydrogen-bond donors (Lipinski definition) is 1. The van der Waals surface area contributed by atoms with E-state index in [1.54, 1.807) is 30.2 Å². The number of amides is 2. The molecule has 1 heterocycles. The van der Waals surface area contributed by atoms with Crippen LogP contribution in [0.15, 0.2) is 18.2 Å². The molecular weight excluding hydrogens is 368 g/mol. The standard InChI is InChI=1S/C20H27ClN2O4/c1-26-10-9-22-18(24)16-12-23(13-20(16)7-3-4-8-20)19(25)15-11-14(21)5-6-17(15)27-2/h5-6,11,16H,3-4,7-10,12-13H2,1-2H3,(H,22,24). The highest BCUT2D eigenvalue weighted by Crippen LogP contribution is 2.49. The first-order valence-electron chi connectivity index (χ1n) is 9.40. The summed E-state index contributed by atoms with van der Waals surface area (Å²) < 4.78 is 10.4. The molecule has 1 saturated carbocycles. The summed E-state index contributed by atoms with van der Waals surface area (Å²) in [6, 6.07) is 5.04. The van der Waals surface area contributed by atoms with Crippen molar-refractivity contribution in [2.24, 2.45) is 11.3 Å². The van der Waals surface area contributed by atoms with Crippen molar-refractivity contribution in [1.29, 1.82) is 0 Å². The van der Waals surface area contributed by atoms with Gasteiger partial charge in [-0.1, -0.05) is 24.4 Å². The predicted molar refractivity (Wildman–Crippen MR) is 103 cm³/mol. The van der Waals surface area contributed by atoms with Gasteiger partial charge in [0.05, 0.1) is 25.2 Å². The van der Waals surface area contributed by atoms with Crippen LogP contribution in [0, 0.1) is 11.3 Å². The predicted octanol–water partition coefficient (Wildman–Crippen LogP) is 2.74. The van der Waals surface area contributed by atoms with Gasteiger partial charge in [-0.2, -0.15) is 0 Å².